The monoisotopic (exact) mass is 234 g/mol. The van der Waals surface area contributed by atoms with Crippen LogP contribution in [0.1, 0.15) is 32.1 Å². The van der Waals surface area contributed by atoms with Crippen molar-refractivity contribution < 1.29 is 4.79 Å². The van der Waals surface area contributed by atoms with Gasteiger partial charge >= 0.3 is 0 Å². The van der Waals surface area contributed by atoms with Crippen molar-refractivity contribution >= 4 is 5.91 Å². The van der Waals surface area contributed by atoms with Crippen LogP contribution in [-0.2, 0) is 4.79 Å². The SMILES string of the molecule is O=C(CC1C=CCC1)N1CC2CCCNC2C1. The molecule has 0 aromatic heterocycles. The number of likely N-dealkylation sites (tertiary alicyclic amines) is 1. The van der Waals surface area contributed by atoms with Gasteiger partial charge in [-0.1, -0.05) is 12.2 Å². The van der Waals surface area contributed by atoms with Gasteiger partial charge < -0.3 is 10.2 Å². The molecule has 1 N–H and O–H groups in total. The van der Waals surface area contributed by atoms with Crippen molar-refractivity contribution in [1.29, 1.82) is 0 Å². The van der Waals surface area contributed by atoms with E-state index in [0.29, 0.717) is 23.8 Å². The summed E-state index contributed by atoms with van der Waals surface area (Å²) in [5, 5.41) is 3.55. The van der Waals surface area contributed by atoms with Crippen LogP contribution in [0.5, 0.6) is 0 Å². The number of carbonyl (C=O) groups excluding carboxylic acids is 1. The van der Waals surface area contributed by atoms with E-state index in [1.807, 2.05) is 0 Å². The van der Waals surface area contributed by atoms with Crippen molar-refractivity contribution in [3.63, 3.8) is 0 Å². The highest BCUT2D eigenvalue weighted by molar-refractivity contribution is 5.77. The average Bonchev–Trinajstić information content (AvgIpc) is 2.96. The van der Waals surface area contributed by atoms with Crippen LogP contribution in [0.3, 0.4) is 0 Å². The topological polar surface area (TPSA) is 32.3 Å². The predicted octanol–water partition coefficient (Wildman–Crippen LogP) is 1.55. The lowest BCUT2D eigenvalue weighted by Crippen LogP contribution is -2.41. The second-order valence-corrected chi connectivity index (χ2v) is 5.73. The number of nitrogens with zero attached hydrogens (tertiary/aromatic N) is 1. The lowest BCUT2D eigenvalue weighted by molar-refractivity contribution is -0.131. The molecule has 2 aliphatic heterocycles. The first-order valence-electron chi connectivity index (χ1n) is 7.01. The molecule has 2 fully saturated rings. The molecular weight excluding hydrogens is 212 g/mol. The third kappa shape index (κ3) is 2.39. The number of allylic oxidation sites excluding steroid dienone is 2. The Morgan fingerprint density at radius 3 is 3.06 bits per heavy atom. The Morgan fingerprint density at radius 1 is 1.35 bits per heavy atom. The molecule has 3 nitrogen and oxygen atoms in total. The minimum Gasteiger partial charge on any atom is -0.341 e. The van der Waals surface area contributed by atoms with E-state index in [2.05, 4.69) is 22.4 Å². The van der Waals surface area contributed by atoms with Gasteiger partial charge in [0.05, 0.1) is 0 Å². The quantitative estimate of drug-likeness (QED) is 0.735. The number of piperidine rings is 1. The fourth-order valence-corrected chi connectivity index (χ4v) is 3.47. The maximum atomic E-state index is 12.2. The summed E-state index contributed by atoms with van der Waals surface area (Å²) in [6.07, 6.45) is 10.1. The first-order chi connectivity index (χ1) is 8.33. The van der Waals surface area contributed by atoms with E-state index in [-0.39, 0.29) is 0 Å². The molecule has 0 radical (unpaired) electrons. The number of hydrogen-bond donors (Lipinski definition) is 1. The molecule has 0 bridgehead atoms. The van der Waals surface area contributed by atoms with Crippen LogP contribution in [0.15, 0.2) is 12.2 Å². The predicted molar refractivity (Wildman–Crippen MR) is 67.6 cm³/mol. The van der Waals surface area contributed by atoms with E-state index in [4.69, 9.17) is 0 Å². The van der Waals surface area contributed by atoms with Gasteiger partial charge in [0.1, 0.15) is 0 Å². The van der Waals surface area contributed by atoms with Crippen molar-refractivity contribution in [3.8, 4) is 0 Å². The van der Waals surface area contributed by atoms with E-state index in [9.17, 15) is 4.79 Å². The smallest absolute Gasteiger partial charge is 0.223 e. The van der Waals surface area contributed by atoms with Gasteiger partial charge in [0.2, 0.25) is 5.91 Å². The zero-order valence-electron chi connectivity index (χ0n) is 10.4. The van der Waals surface area contributed by atoms with Crippen LogP contribution in [0.25, 0.3) is 0 Å². The molecule has 3 atom stereocenters. The van der Waals surface area contributed by atoms with Crippen LogP contribution in [-0.4, -0.2) is 36.5 Å². The van der Waals surface area contributed by atoms with E-state index < -0.39 is 0 Å². The van der Waals surface area contributed by atoms with Gasteiger partial charge in [0.15, 0.2) is 0 Å². The zero-order chi connectivity index (χ0) is 11.7. The third-order valence-electron chi connectivity index (χ3n) is 4.50. The molecule has 0 saturated carbocycles. The number of carbonyl (C=O) groups is 1. The van der Waals surface area contributed by atoms with Crippen LogP contribution in [0.2, 0.25) is 0 Å². The summed E-state index contributed by atoms with van der Waals surface area (Å²) >= 11 is 0. The Hall–Kier alpha value is -0.830. The Morgan fingerprint density at radius 2 is 2.29 bits per heavy atom. The molecule has 3 unspecified atom stereocenters. The van der Waals surface area contributed by atoms with Gasteiger partial charge in [-0.15, -0.1) is 0 Å². The van der Waals surface area contributed by atoms with Gasteiger partial charge in [0, 0.05) is 25.6 Å². The first kappa shape index (κ1) is 11.3. The Bertz CT molecular complexity index is 312. The standard InChI is InChI=1S/C14H22N2O/c17-14(8-11-4-1-2-5-11)16-9-12-6-3-7-15-13(12)10-16/h1,4,11-13,15H,2-3,5-10H2. The van der Waals surface area contributed by atoms with E-state index in [1.165, 1.54) is 19.3 Å². The largest absolute Gasteiger partial charge is 0.341 e. The molecule has 3 aliphatic rings. The highest BCUT2D eigenvalue weighted by atomic mass is 16.2. The average molecular weight is 234 g/mol. The maximum absolute atomic E-state index is 12.2. The molecule has 2 saturated heterocycles. The number of rotatable bonds is 2. The summed E-state index contributed by atoms with van der Waals surface area (Å²) in [6.45, 7) is 3.07. The highest BCUT2D eigenvalue weighted by Crippen LogP contribution is 2.27. The molecule has 1 aliphatic carbocycles. The van der Waals surface area contributed by atoms with Crippen molar-refractivity contribution in [2.45, 2.75) is 38.1 Å². The normalized spacial score (nSPS) is 36.2. The van der Waals surface area contributed by atoms with Gasteiger partial charge in [-0.2, -0.15) is 0 Å². The molecule has 3 rings (SSSR count). The van der Waals surface area contributed by atoms with Crippen molar-refractivity contribution in [3.05, 3.63) is 12.2 Å². The second kappa shape index (κ2) is 4.81. The van der Waals surface area contributed by atoms with Crippen molar-refractivity contribution in [1.82, 2.24) is 10.2 Å². The molecule has 1 amide bonds. The molecule has 2 heterocycles. The number of amides is 1. The summed E-state index contributed by atoms with van der Waals surface area (Å²) in [5.41, 5.74) is 0. The van der Waals surface area contributed by atoms with Gasteiger partial charge in [0.25, 0.3) is 0 Å². The van der Waals surface area contributed by atoms with Crippen LogP contribution in [0.4, 0.5) is 0 Å². The number of hydrogen-bond acceptors (Lipinski definition) is 2. The lowest BCUT2D eigenvalue weighted by Gasteiger charge is -2.24. The first-order valence-corrected chi connectivity index (χ1v) is 7.01. The van der Waals surface area contributed by atoms with Crippen LogP contribution < -0.4 is 5.32 Å². The summed E-state index contributed by atoms with van der Waals surface area (Å²) < 4.78 is 0. The van der Waals surface area contributed by atoms with Crippen molar-refractivity contribution in [2.75, 3.05) is 19.6 Å². The number of fused-ring (bicyclic) bond motifs is 1. The molecule has 17 heavy (non-hydrogen) atoms. The molecular formula is C14H22N2O. The van der Waals surface area contributed by atoms with Gasteiger partial charge in [-0.3, -0.25) is 4.79 Å². The molecule has 0 aromatic rings. The van der Waals surface area contributed by atoms with E-state index >= 15 is 0 Å². The molecule has 0 aromatic carbocycles. The lowest BCUT2D eigenvalue weighted by atomic mass is 9.94. The van der Waals surface area contributed by atoms with Gasteiger partial charge in [-0.25, -0.2) is 0 Å². The maximum Gasteiger partial charge on any atom is 0.223 e. The Kier molecular flexibility index (Phi) is 3.19. The molecule has 3 heteroatoms. The van der Waals surface area contributed by atoms with Crippen LogP contribution in [0, 0.1) is 11.8 Å². The third-order valence-corrected chi connectivity index (χ3v) is 4.50. The Labute approximate surface area is 103 Å². The summed E-state index contributed by atoms with van der Waals surface area (Å²) in [5.74, 6) is 1.60. The van der Waals surface area contributed by atoms with Crippen molar-refractivity contribution in [2.24, 2.45) is 11.8 Å². The Balaban J connectivity index is 1.54. The minimum absolute atomic E-state index is 0.373. The van der Waals surface area contributed by atoms with E-state index in [1.54, 1.807) is 0 Å². The van der Waals surface area contributed by atoms with E-state index in [0.717, 1.165) is 32.5 Å². The van der Waals surface area contributed by atoms with Crippen LogP contribution >= 0.6 is 0 Å². The molecule has 94 valence electrons. The molecule has 0 spiro atoms. The summed E-state index contributed by atoms with van der Waals surface area (Å²) in [6, 6.07) is 0.576. The minimum atomic E-state index is 0.373. The summed E-state index contributed by atoms with van der Waals surface area (Å²) in [7, 11) is 0. The fraction of sp³-hybridized carbons (Fsp3) is 0.786. The zero-order valence-corrected chi connectivity index (χ0v) is 10.4. The highest BCUT2D eigenvalue weighted by Gasteiger charge is 2.36. The van der Waals surface area contributed by atoms with Gasteiger partial charge in [-0.05, 0) is 44.1 Å². The fourth-order valence-electron chi connectivity index (χ4n) is 3.47. The second-order valence-electron chi connectivity index (χ2n) is 5.73. The number of nitrogens with one attached hydrogen (secondary N) is 1. The summed E-state index contributed by atoms with van der Waals surface area (Å²) in [4.78, 5) is 14.3.